The van der Waals surface area contributed by atoms with E-state index in [1.54, 1.807) is 6.20 Å². The van der Waals surface area contributed by atoms with E-state index >= 15 is 0 Å². The number of nitrogens with zero attached hydrogens (tertiary/aromatic N) is 3. The fourth-order valence-electron chi connectivity index (χ4n) is 3.14. The highest BCUT2D eigenvalue weighted by molar-refractivity contribution is 5.47. The third-order valence-electron chi connectivity index (χ3n) is 4.16. The molecule has 1 aromatic heterocycles. The summed E-state index contributed by atoms with van der Waals surface area (Å²) in [5, 5.41) is 9.16. The quantitative estimate of drug-likeness (QED) is 0.854. The number of rotatable bonds is 2. The maximum atomic E-state index is 9.16. The SMILES string of the molecule is OCc1cc(N2CCN3CCCCC3C2)ccn1. The van der Waals surface area contributed by atoms with Gasteiger partial charge in [-0.1, -0.05) is 6.42 Å². The summed E-state index contributed by atoms with van der Waals surface area (Å²) in [6.45, 7) is 4.68. The van der Waals surface area contributed by atoms with E-state index < -0.39 is 0 Å². The second-order valence-corrected chi connectivity index (χ2v) is 5.30. The highest BCUT2D eigenvalue weighted by Gasteiger charge is 2.28. The molecule has 0 saturated carbocycles. The van der Waals surface area contributed by atoms with Gasteiger partial charge in [-0.3, -0.25) is 9.88 Å². The lowest BCUT2D eigenvalue weighted by molar-refractivity contribution is 0.133. The number of aliphatic hydroxyl groups is 1. The minimum Gasteiger partial charge on any atom is -0.390 e. The molecule has 0 amide bonds. The van der Waals surface area contributed by atoms with Crippen LogP contribution in [-0.4, -0.2) is 47.2 Å². The zero-order chi connectivity index (χ0) is 12.4. The van der Waals surface area contributed by atoms with Gasteiger partial charge in [-0.2, -0.15) is 0 Å². The van der Waals surface area contributed by atoms with Crippen molar-refractivity contribution >= 4 is 5.69 Å². The van der Waals surface area contributed by atoms with Gasteiger partial charge in [0.15, 0.2) is 0 Å². The third-order valence-corrected chi connectivity index (χ3v) is 4.16. The first-order chi connectivity index (χ1) is 8.86. The fraction of sp³-hybridized carbons (Fsp3) is 0.643. The molecule has 1 unspecified atom stereocenters. The minimum atomic E-state index is 0.0250. The summed E-state index contributed by atoms with van der Waals surface area (Å²) in [5.74, 6) is 0. The molecule has 1 N–H and O–H groups in total. The molecule has 2 aliphatic heterocycles. The molecule has 0 aromatic carbocycles. The van der Waals surface area contributed by atoms with Crippen LogP contribution in [0.1, 0.15) is 25.0 Å². The summed E-state index contributed by atoms with van der Waals surface area (Å²) in [6, 6.07) is 4.79. The summed E-state index contributed by atoms with van der Waals surface area (Å²) in [6.07, 6.45) is 5.86. The number of fused-ring (bicyclic) bond motifs is 1. The maximum Gasteiger partial charge on any atom is 0.0853 e. The van der Waals surface area contributed by atoms with Gasteiger partial charge in [-0.05, 0) is 31.5 Å². The second-order valence-electron chi connectivity index (χ2n) is 5.30. The molecule has 18 heavy (non-hydrogen) atoms. The number of piperazine rings is 1. The molecule has 1 atom stereocenters. The summed E-state index contributed by atoms with van der Waals surface area (Å²) in [5.41, 5.74) is 1.97. The van der Waals surface area contributed by atoms with Gasteiger partial charge in [0.25, 0.3) is 0 Å². The lowest BCUT2D eigenvalue weighted by atomic mass is 9.99. The topological polar surface area (TPSA) is 39.6 Å². The minimum absolute atomic E-state index is 0.0250. The molecule has 0 radical (unpaired) electrons. The van der Waals surface area contributed by atoms with E-state index in [0.29, 0.717) is 0 Å². The van der Waals surface area contributed by atoms with Crippen LogP contribution in [0.25, 0.3) is 0 Å². The Bertz CT molecular complexity index is 410. The zero-order valence-corrected chi connectivity index (χ0v) is 10.8. The molecule has 4 heteroatoms. The van der Waals surface area contributed by atoms with Gasteiger partial charge in [-0.25, -0.2) is 0 Å². The standard InChI is InChI=1S/C14H21N3O/c18-11-12-9-13(4-5-15-12)17-8-7-16-6-2-1-3-14(16)10-17/h4-5,9,14,18H,1-3,6-8,10-11H2. The van der Waals surface area contributed by atoms with Gasteiger partial charge in [-0.15, -0.1) is 0 Å². The van der Waals surface area contributed by atoms with Crippen LogP contribution in [0.4, 0.5) is 5.69 Å². The Morgan fingerprint density at radius 3 is 3.11 bits per heavy atom. The third kappa shape index (κ3) is 2.35. The molecule has 1 aromatic rings. The smallest absolute Gasteiger partial charge is 0.0853 e. The first-order valence-corrected chi connectivity index (χ1v) is 6.91. The van der Waals surface area contributed by atoms with Crippen LogP contribution in [0.2, 0.25) is 0 Å². The Labute approximate surface area is 108 Å². The van der Waals surface area contributed by atoms with E-state index in [4.69, 9.17) is 5.11 Å². The van der Waals surface area contributed by atoms with E-state index in [1.807, 2.05) is 6.07 Å². The van der Waals surface area contributed by atoms with Crippen molar-refractivity contribution in [2.75, 3.05) is 31.1 Å². The summed E-state index contributed by atoms with van der Waals surface area (Å²) in [7, 11) is 0. The van der Waals surface area contributed by atoms with Crippen molar-refractivity contribution in [3.63, 3.8) is 0 Å². The second kappa shape index (κ2) is 5.24. The van der Waals surface area contributed by atoms with E-state index in [-0.39, 0.29) is 6.61 Å². The van der Waals surface area contributed by atoms with Crippen LogP contribution < -0.4 is 4.90 Å². The molecule has 98 valence electrons. The van der Waals surface area contributed by atoms with E-state index in [9.17, 15) is 0 Å². The molecule has 2 saturated heterocycles. The van der Waals surface area contributed by atoms with E-state index in [1.165, 1.54) is 38.0 Å². The van der Waals surface area contributed by atoms with Crippen LogP contribution >= 0.6 is 0 Å². The molecule has 2 fully saturated rings. The lowest BCUT2D eigenvalue weighted by Gasteiger charge is -2.44. The lowest BCUT2D eigenvalue weighted by Crippen LogP contribution is -2.54. The van der Waals surface area contributed by atoms with Crippen LogP contribution in [0, 0.1) is 0 Å². The van der Waals surface area contributed by atoms with Crippen LogP contribution in [0.3, 0.4) is 0 Å². The molecule has 2 aliphatic rings. The average molecular weight is 247 g/mol. The number of piperidine rings is 1. The van der Waals surface area contributed by atoms with Crippen molar-refractivity contribution in [2.24, 2.45) is 0 Å². The Morgan fingerprint density at radius 1 is 1.28 bits per heavy atom. The van der Waals surface area contributed by atoms with Gasteiger partial charge in [0, 0.05) is 37.6 Å². The van der Waals surface area contributed by atoms with Crippen LogP contribution in [0.5, 0.6) is 0 Å². The van der Waals surface area contributed by atoms with Gasteiger partial charge in [0.1, 0.15) is 0 Å². The Kier molecular flexibility index (Phi) is 3.48. The van der Waals surface area contributed by atoms with Crippen molar-refractivity contribution in [3.05, 3.63) is 24.0 Å². The van der Waals surface area contributed by atoms with Crippen molar-refractivity contribution in [1.82, 2.24) is 9.88 Å². The maximum absolute atomic E-state index is 9.16. The highest BCUT2D eigenvalue weighted by Crippen LogP contribution is 2.24. The van der Waals surface area contributed by atoms with Gasteiger partial charge < -0.3 is 10.0 Å². The summed E-state index contributed by atoms with van der Waals surface area (Å²) in [4.78, 5) is 9.22. The van der Waals surface area contributed by atoms with Gasteiger partial charge in [0.2, 0.25) is 0 Å². The Morgan fingerprint density at radius 2 is 2.22 bits per heavy atom. The summed E-state index contributed by atoms with van der Waals surface area (Å²) < 4.78 is 0. The zero-order valence-electron chi connectivity index (χ0n) is 10.8. The Balaban J connectivity index is 1.72. The number of hydrogen-bond acceptors (Lipinski definition) is 4. The normalized spacial score (nSPS) is 24.9. The van der Waals surface area contributed by atoms with Crippen molar-refractivity contribution in [1.29, 1.82) is 0 Å². The molecule has 0 spiro atoms. The number of anilines is 1. The predicted octanol–water partition coefficient (Wildman–Crippen LogP) is 1.25. The highest BCUT2D eigenvalue weighted by atomic mass is 16.3. The monoisotopic (exact) mass is 247 g/mol. The first-order valence-electron chi connectivity index (χ1n) is 6.91. The predicted molar refractivity (Wildman–Crippen MR) is 71.6 cm³/mol. The molecule has 3 heterocycles. The number of aromatic nitrogens is 1. The summed E-state index contributed by atoms with van der Waals surface area (Å²) >= 11 is 0. The molecule has 4 nitrogen and oxygen atoms in total. The van der Waals surface area contributed by atoms with Crippen LogP contribution in [-0.2, 0) is 6.61 Å². The van der Waals surface area contributed by atoms with Crippen molar-refractivity contribution in [2.45, 2.75) is 31.9 Å². The average Bonchev–Trinajstić information content (AvgIpc) is 2.47. The number of aliphatic hydroxyl groups excluding tert-OH is 1. The Hall–Kier alpha value is -1.13. The van der Waals surface area contributed by atoms with Crippen LogP contribution in [0.15, 0.2) is 18.3 Å². The largest absolute Gasteiger partial charge is 0.390 e. The van der Waals surface area contributed by atoms with Crippen molar-refractivity contribution < 1.29 is 5.11 Å². The van der Waals surface area contributed by atoms with Gasteiger partial charge in [0.05, 0.1) is 12.3 Å². The van der Waals surface area contributed by atoms with E-state index in [0.717, 1.165) is 24.8 Å². The first kappa shape index (κ1) is 11.9. The number of pyridine rings is 1. The molecular formula is C14H21N3O. The molecule has 0 bridgehead atoms. The molecule has 3 rings (SSSR count). The fourth-order valence-corrected chi connectivity index (χ4v) is 3.14. The van der Waals surface area contributed by atoms with Crippen molar-refractivity contribution in [3.8, 4) is 0 Å². The van der Waals surface area contributed by atoms with E-state index in [2.05, 4.69) is 20.9 Å². The number of hydrogen-bond donors (Lipinski definition) is 1. The molecule has 0 aliphatic carbocycles. The molecular weight excluding hydrogens is 226 g/mol. The van der Waals surface area contributed by atoms with Gasteiger partial charge >= 0.3 is 0 Å².